The van der Waals surface area contributed by atoms with Crippen molar-refractivity contribution in [2.24, 2.45) is 23.7 Å². The minimum absolute atomic E-state index is 0.0105. The van der Waals surface area contributed by atoms with Gasteiger partial charge in [0.1, 0.15) is 5.58 Å². The quantitative estimate of drug-likeness (QED) is 0.171. The molecule has 7 aliphatic rings. The monoisotopic (exact) mass is 704 g/mol. The van der Waals surface area contributed by atoms with E-state index in [2.05, 4.69) is 147 Å². The Morgan fingerprint density at radius 2 is 1.26 bits per heavy atom. The van der Waals surface area contributed by atoms with Gasteiger partial charge in [0.15, 0.2) is 0 Å². The summed E-state index contributed by atoms with van der Waals surface area (Å²) >= 11 is 0. The number of para-hydroxylation sites is 2. The summed E-state index contributed by atoms with van der Waals surface area (Å²) in [4.78, 5) is 5.08. The fourth-order valence-corrected chi connectivity index (χ4v) is 12.9. The van der Waals surface area contributed by atoms with Crippen LogP contribution in [0.3, 0.4) is 0 Å². The van der Waals surface area contributed by atoms with Crippen molar-refractivity contribution in [2.75, 3.05) is 9.80 Å². The Morgan fingerprint density at radius 3 is 2.02 bits per heavy atom. The van der Waals surface area contributed by atoms with Crippen molar-refractivity contribution in [1.82, 2.24) is 0 Å². The van der Waals surface area contributed by atoms with Gasteiger partial charge in [-0.1, -0.05) is 82.3 Å². The van der Waals surface area contributed by atoms with Crippen LogP contribution in [0.1, 0.15) is 95.2 Å². The number of anilines is 6. The van der Waals surface area contributed by atoms with Crippen molar-refractivity contribution in [3.05, 3.63) is 126 Å². The number of hydrogen-bond donors (Lipinski definition) is 0. The van der Waals surface area contributed by atoms with E-state index >= 15 is 0 Å². The van der Waals surface area contributed by atoms with Gasteiger partial charge in [0.2, 0.25) is 0 Å². The van der Waals surface area contributed by atoms with Gasteiger partial charge in [-0.3, -0.25) is 0 Å². The maximum absolute atomic E-state index is 7.28. The van der Waals surface area contributed by atoms with Crippen LogP contribution in [0, 0.1) is 23.7 Å². The van der Waals surface area contributed by atoms with Crippen LogP contribution in [-0.4, -0.2) is 6.71 Å². The molecule has 0 amide bonds. The molecule has 3 nitrogen and oxygen atoms in total. The first-order chi connectivity index (χ1) is 26.2. The van der Waals surface area contributed by atoms with E-state index in [9.17, 15) is 0 Å². The third kappa shape index (κ3) is 4.32. The summed E-state index contributed by atoms with van der Waals surface area (Å²) in [6, 6.07) is 41.7. The second-order valence-corrected chi connectivity index (χ2v) is 19.2. The van der Waals surface area contributed by atoms with Gasteiger partial charge in [0.05, 0.1) is 11.3 Å². The Bertz CT molecular complexity index is 2480. The average Bonchev–Trinajstić information content (AvgIpc) is 3.55. The van der Waals surface area contributed by atoms with Crippen LogP contribution in [0.4, 0.5) is 34.1 Å². The first kappa shape index (κ1) is 31.6. The summed E-state index contributed by atoms with van der Waals surface area (Å²) in [5, 5.41) is 1.27. The number of hydrogen-bond acceptors (Lipinski definition) is 3. The lowest BCUT2D eigenvalue weighted by Gasteiger charge is -2.54. The van der Waals surface area contributed by atoms with Crippen molar-refractivity contribution < 1.29 is 4.42 Å². The molecule has 0 N–H and O–H groups in total. The van der Waals surface area contributed by atoms with E-state index in [1.807, 2.05) is 0 Å². The molecule has 4 fully saturated rings. The van der Waals surface area contributed by atoms with Crippen LogP contribution in [0.25, 0.3) is 11.0 Å². The van der Waals surface area contributed by atoms with Crippen molar-refractivity contribution in [3.63, 3.8) is 0 Å². The van der Waals surface area contributed by atoms with E-state index in [4.69, 9.17) is 4.42 Å². The molecule has 0 unspecified atom stereocenters. The van der Waals surface area contributed by atoms with E-state index in [1.54, 1.807) is 5.56 Å². The highest BCUT2D eigenvalue weighted by Crippen LogP contribution is 2.60. The van der Waals surface area contributed by atoms with Gasteiger partial charge in [0, 0.05) is 33.8 Å². The van der Waals surface area contributed by atoms with Crippen LogP contribution in [-0.2, 0) is 10.8 Å². The third-order valence-corrected chi connectivity index (χ3v) is 15.2. The van der Waals surface area contributed by atoms with Crippen molar-refractivity contribution in [3.8, 4) is 0 Å². The highest BCUT2D eigenvalue weighted by atomic mass is 16.3. The van der Waals surface area contributed by atoms with Crippen LogP contribution in [0.5, 0.6) is 0 Å². The van der Waals surface area contributed by atoms with E-state index in [-0.39, 0.29) is 17.5 Å². The van der Waals surface area contributed by atoms with Gasteiger partial charge in [-0.15, -0.1) is 0 Å². The number of furan rings is 1. The van der Waals surface area contributed by atoms with Gasteiger partial charge in [-0.05, 0) is 168 Å². The molecule has 0 atom stereocenters. The predicted octanol–water partition coefficient (Wildman–Crippen LogP) is 11.4. The van der Waals surface area contributed by atoms with Gasteiger partial charge in [-0.2, -0.15) is 0 Å². The lowest BCUT2D eigenvalue weighted by molar-refractivity contribution is -0.00273. The molecule has 268 valence electrons. The zero-order chi connectivity index (χ0) is 36.1. The molecule has 4 saturated carbocycles. The predicted molar refractivity (Wildman–Crippen MR) is 225 cm³/mol. The van der Waals surface area contributed by atoms with Gasteiger partial charge < -0.3 is 14.2 Å². The number of nitrogens with zero attached hydrogens (tertiary/aromatic N) is 2. The molecule has 0 spiro atoms. The molecule has 54 heavy (non-hydrogen) atoms. The largest absolute Gasteiger partial charge is 0.468 e. The Kier molecular flexibility index (Phi) is 6.42. The number of rotatable bonds is 3. The van der Waals surface area contributed by atoms with Crippen LogP contribution in [0.15, 0.2) is 114 Å². The van der Waals surface area contributed by atoms with E-state index < -0.39 is 0 Å². The molecule has 13 rings (SSSR count). The summed E-state index contributed by atoms with van der Waals surface area (Å²) in [5.74, 6) is 4.28. The zero-order valence-electron chi connectivity index (χ0n) is 32.1. The van der Waals surface area contributed by atoms with Gasteiger partial charge >= 0.3 is 0 Å². The summed E-state index contributed by atoms with van der Waals surface area (Å²) in [6.07, 6.45) is 9.61. The lowest BCUT2D eigenvalue weighted by Crippen LogP contribution is -2.60. The number of benzene rings is 5. The zero-order valence-corrected chi connectivity index (χ0v) is 32.1. The molecule has 1 aromatic heterocycles. The normalized spacial score (nSPS) is 26.4. The standard InChI is InChI=1S/C50H49BN2O/c1-49(2)21-22-50(3,4)39-29-36(18-19-38(39)49)53-43-16-10-15-42-46(43)51(40-13-8-9-14-41(40)52(42)35-11-6-5-7-12-35)48-47(53)37-28-32(17-20-44(37)54-48)45-33-24-30-23-31(26-33)27-34(45)25-30/h5-20,28-31,33-34,45H,21-27H2,1-4H3. The Balaban J connectivity index is 1.12. The molecule has 0 radical (unpaired) electrons. The summed E-state index contributed by atoms with van der Waals surface area (Å²) in [6.45, 7) is 9.76. The maximum atomic E-state index is 7.28. The highest BCUT2D eigenvalue weighted by molar-refractivity contribution is 6.99. The summed E-state index contributed by atoms with van der Waals surface area (Å²) < 4.78 is 7.28. The second kappa shape index (κ2) is 11.0. The topological polar surface area (TPSA) is 19.6 Å². The molecule has 4 bridgehead atoms. The first-order valence-corrected chi connectivity index (χ1v) is 20.8. The molecule has 3 heterocycles. The maximum Gasteiger partial charge on any atom is 0.297 e. The lowest BCUT2D eigenvalue weighted by atomic mass is 9.35. The Hall–Kier alpha value is -4.70. The number of fused-ring (bicyclic) bond motifs is 7. The summed E-state index contributed by atoms with van der Waals surface area (Å²) in [7, 11) is 0. The minimum atomic E-state index is -0.0105. The van der Waals surface area contributed by atoms with Gasteiger partial charge in [0.25, 0.3) is 6.71 Å². The molecule has 6 aromatic rings. The van der Waals surface area contributed by atoms with Crippen molar-refractivity contribution in [1.29, 1.82) is 0 Å². The fourth-order valence-electron chi connectivity index (χ4n) is 12.9. The third-order valence-electron chi connectivity index (χ3n) is 15.2. The highest BCUT2D eigenvalue weighted by Gasteiger charge is 2.50. The van der Waals surface area contributed by atoms with Crippen LogP contribution >= 0.6 is 0 Å². The van der Waals surface area contributed by atoms with E-state index in [1.165, 1.54) is 107 Å². The van der Waals surface area contributed by atoms with Gasteiger partial charge in [-0.25, -0.2) is 0 Å². The molecular formula is C50H49BN2O. The molecular weight excluding hydrogens is 655 g/mol. The summed E-state index contributed by atoms with van der Waals surface area (Å²) in [5.41, 5.74) is 16.9. The average molecular weight is 705 g/mol. The van der Waals surface area contributed by atoms with Crippen molar-refractivity contribution >= 4 is 68.4 Å². The molecule has 5 aliphatic carbocycles. The Morgan fingerprint density at radius 1 is 0.593 bits per heavy atom. The molecule has 0 saturated heterocycles. The molecule has 5 aromatic carbocycles. The minimum Gasteiger partial charge on any atom is -0.468 e. The molecule has 2 aliphatic heterocycles. The fraction of sp³-hybridized carbons (Fsp3) is 0.360. The van der Waals surface area contributed by atoms with E-state index in [0.717, 1.165) is 34.9 Å². The van der Waals surface area contributed by atoms with Crippen molar-refractivity contribution in [2.45, 2.75) is 89.4 Å². The van der Waals surface area contributed by atoms with Crippen LogP contribution in [0.2, 0.25) is 0 Å². The smallest absolute Gasteiger partial charge is 0.297 e. The first-order valence-electron chi connectivity index (χ1n) is 20.8. The SMILES string of the molecule is CC1(C)CCC(C)(C)c2cc(N3c4cccc5c4B(c4ccccc4N5c4ccccc4)c4oc5ccc(C6C7CC8CC(C7)CC6C8)cc5c43)ccc21. The van der Waals surface area contributed by atoms with Crippen LogP contribution < -0.4 is 26.4 Å². The second-order valence-electron chi connectivity index (χ2n) is 19.2. The Labute approximate surface area is 320 Å². The molecule has 4 heteroatoms. The van der Waals surface area contributed by atoms with E-state index in [0.29, 0.717) is 5.92 Å².